The van der Waals surface area contributed by atoms with E-state index in [4.69, 9.17) is 22.7 Å². The highest BCUT2D eigenvalue weighted by Crippen LogP contribution is 2.29. The van der Waals surface area contributed by atoms with Crippen LogP contribution in [-0.4, -0.2) is 23.1 Å². The van der Waals surface area contributed by atoms with Crippen LogP contribution in [0.2, 0.25) is 0 Å². The third-order valence-corrected chi connectivity index (χ3v) is 3.28. The van der Waals surface area contributed by atoms with Crippen molar-refractivity contribution in [2.75, 3.05) is 17.7 Å². The Labute approximate surface area is 142 Å². The molecule has 0 saturated carbocycles. The fourth-order valence-corrected chi connectivity index (χ4v) is 2.13. The van der Waals surface area contributed by atoms with Gasteiger partial charge in [0.1, 0.15) is 5.75 Å². The number of rotatable bonds is 5. The zero-order chi connectivity index (χ0) is 17.7. The molecule has 0 radical (unpaired) electrons. The van der Waals surface area contributed by atoms with Gasteiger partial charge in [-0.1, -0.05) is 0 Å². The maximum atomic E-state index is 11.0. The van der Waals surface area contributed by atoms with Gasteiger partial charge in [0.15, 0.2) is 5.11 Å². The average molecular weight is 346 g/mol. The number of benzene rings is 2. The Kier molecular flexibility index (Phi) is 5.27. The first-order chi connectivity index (χ1) is 11.4. The van der Waals surface area contributed by atoms with Crippen LogP contribution < -0.4 is 21.1 Å². The van der Waals surface area contributed by atoms with Crippen LogP contribution in [-0.2, 0) is 0 Å². The van der Waals surface area contributed by atoms with Crippen molar-refractivity contribution in [1.29, 1.82) is 0 Å². The summed E-state index contributed by atoms with van der Waals surface area (Å²) in [6.45, 7) is 0. The summed E-state index contributed by atoms with van der Waals surface area (Å²) in [4.78, 5) is 21.3. The third kappa shape index (κ3) is 4.17. The Morgan fingerprint density at radius 1 is 1.21 bits per heavy atom. The summed E-state index contributed by atoms with van der Waals surface area (Å²) < 4.78 is 5.12. The van der Waals surface area contributed by atoms with E-state index >= 15 is 0 Å². The second kappa shape index (κ2) is 7.38. The number of carbonyl (C=O) groups excluding carboxylic acids is 1. The number of non-ortho nitro benzene ring substituents is 1. The van der Waals surface area contributed by atoms with E-state index in [9.17, 15) is 14.9 Å². The first-order valence-corrected chi connectivity index (χ1v) is 7.12. The molecule has 4 N–H and O–H groups in total. The summed E-state index contributed by atoms with van der Waals surface area (Å²) in [5.41, 5.74) is 6.61. The van der Waals surface area contributed by atoms with Crippen molar-refractivity contribution in [2.45, 2.75) is 0 Å². The van der Waals surface area contributed by atoms with Crippen LogP contribution in [0.1, 0.15) is 10.4 Å². The van der Waals surface area contributed by atoms with Gasteiger partial charge in [0, 0.05) is 17.3 Å². The van der Waals surface area contributed by atoms with E-state index in [1.165, 1.54) is 25.3 Å². The molecule has 0 unspecified atom stereocenters. The van der Waals surface area contributed by atoms with Gasteiger partial charge in [0.05, 0.1) is 23.8 Å². The maximum absolute atomic E-state index is 11.0. The number of ether oxygens (including phenoxy) is 1. The van der Waals surface area contributed by atoms with Crippen LogP contribution in [0.15, 0.2) is 42.5 Å². The number of hydrogen-bond acceptors (Lipinski definition) is 5. The first kappa shape index (κ1) is 17.2. The number of amides is 1. The van der Waals surface area contributed by atoms with E-state index in [2.05, 4.69) is 10.6 Å². The average Bonchev–Trinajstić information content (AvgIpc) is 2.55. The molecular weight excluding hydrogens is 332 g/mol. The molecule has 8 nitrogen and oxygen atoms in total. The molecular formula is C15H14N4O4S. The van der Waals surface area contributed by atoms with Gasteiger partial charge in [-0.15, -0.1) is 0 Å². The second-order valence-corrected chi connectivity index (χ2v) is 5.07. The zero-order valence-electron chi connectivity index (χ0n) is 12.6. The minimum atomic E-state index is -0.516. The molecule has 0 heterocycles. The predicted octanol–water partition coefficient (Wildman–Crippen LogP) is 2.51. The highest BCUT2D eigenvalue weighted by Gasteiger charge is 2.12. The van der Waals surface area contributed by atoms with Crippen LogP contribution in [0, 0.1) is 10.1 Å². The lowest BCUT2D eigenvalue weighted by Crippen LogP contribution is -2.19. The maximum Gasteiger partial charge on any atom is 0.273 e. The lowest BCUT2D eigenvalue weighted by atomic mass is 10.2. The molecule has 1 amide bonds. The fourth-order valence-electron chi connectivity index (χ4n) is 1.90. The predicted molar refractivity (Wildman–Crippen MR) is 94.5 cm³/mol. The van der Waals surface area contributed by atoms with Gasteiger partial charge in [0.2, 0.25) is 5.91 Å². The molecule has 0 aromatic heterocycles. The summed E-state index contributed by atoms with van der Waals surface area (Å²) in [6.07, 6.45) is 0. The monoisotopic (exact) mass is 346 g/mol. The second-order valence-electron chi connectivity index (χ2n) is 4.66. The molecule has 0 fully saturated rings. The Bertz CT molecular complexity index is 793. The molecule has 124 valence electrons. The normalized spacial score (nSPS) is 9.88. The Hall–Kier alpha value is -3.20. The number of nitro benzene ring substituents is 1. The van der Waals surface area contributed by atoms with Crippen LogP contribution in [0.25, 0.3) is 0 Å². The fraction of sp³-hybridized carbons (Fsp3) is 0.0667. The van der Waals surface area contributed by atoms with Crippen molar-refractivity contribution < 1.29 is 14.5 Å². The highest BCUT2D eigenvalue weighted by molar-refractivity contribution is 7.80. The summed E-state index contributed by atoms with van der Waals surface area (Å²) in [6, 6.07) is 10.6. The standard InChI is InChI=1S/C15H14N4O4S/c1-23-13-8-11(19(21)22)6-7-12(13)18-15(24)17-10-4-2-9(3-5-10)14(16)20/h2-8H,1H3,(H2,16,20)(H2,17,18,24). The zero-order valence-corrected chi connectivity index (χ0v) is 13.4. The number of hydrogen-bond donors (Lipinski definition) is 3. The van der Waals surface area contributed by atoms with Crippen molar-refractivity contribution in [1.82, 2.24) is 0 Å². The molecule has 24 heavy (non-hydrogen) atoms. The molecule has 0 bridgehead atoms. The van der Waals surface area contributed by atoms with E-state index in [0.717, 1.165) is 0 Å². The van der Waals surface area contributed by atoms with Gasteiger partial charge in [0.25, 0.3) is 5.69 Å². The molecule has 0 aliphatic rings. The number of primary amides is 1. The van der Waals surface area contributed by atoms with Crippen molar-refractivity contribution in [3.63, 3.8) is 0 Å². The Morgan fingerprint density at radius 2 is 1.88 bits per heavy atom. The molecule has 0 aliphatic carbocycles. The number of methoxy groups -OCH3 is 1. The molecule has 2 aromatic carbocycles. The minimum Gasteiger partial charge on any atom is -0.494 e. The largest absolute Gasteiger partial charge is 0.494 e. The molecule has 9 heteroatoms. The first-order valence-electron chi connectivity index (χ1n) is 6.71. The van der Waals surface area contributed by atoms with Crippen LogP contribution in [0.4, 0.5) is 17.1 Å². The number of anilines is 2. The number of carbonyl (C=O) groups is 1. The van der Waals surface area contributed by atoms with Crippen molar-refractivity contribution >= 4 is 40.3 Å². The quantitative estimate of drug-likeness (QED) is 0.432. The van der Waals surface area contributed by atoms with Crippen molar-refractivity contribution in [3.8, 4) is 5.75 Å². The van der Waals surface area contributed by atoms with E-state index in [0.29, 0.717) is 16.9 Å². The number of nitrogens with two attached hydrogens (primary N) is 1. The Balaban J connectivity index is 2.09. The van der Waals surface area contributed by atoms with Gasteiger partial charge in [-0.05, 0) is 42.5 Å². The smallest absolute Gasteiger partial charge is 0.273 e. The lowest BCUT2D eigenvalue weighted by molar-refractivity contribution is -0.384. The summed E-state index contributed by atoms with van der Waals surface area (Å²) >= 11 is 5.19. The van der Waals surface area contributed by atoms with E-state index in [1.807, 2.05) is 0 Å². The van der Waals surface area contributed by atoms with Crippen LogP contribution >= 0.6 is 12.2 Å². The molecule has 2 aromatic rings. The SMILES string of the molecule is COc1cc([N+](=O)[O-])ccc1NC(=S)Nc1ccc(C(N)=O)cc1. The highest BCUT2D eigenvalue weighted by atomic mass is 32.1. The lowest BCUT2D eigenvalue weighted by Gasteiger charge is -2.13. The van der Waals surface area contributed by atoms with Gasteiger partial charge in [-0.2, -0.15) is 0 Å². The van der Waals surface area contributed by atoms with Crippen molar-refractivity contribution in [3.05, 3.63) is 58.1 Å². The molecule has 0 atom stereocenters. The summed E-state index contributed by atoms with van der Waals surface area (Å²) in [7, 11) is 1.41. The molecule has 0 saturated heterocycles. The number of thiocarbonyl (C=S) groups is 1. The molecule has 2 rings (SSSR count). The molecule has 0 aliphatic heterocycles. The third-order valence-electron chi connectivity index (χ3n) is 3.07. The van der Waals surface area contributed by atoms with Gasteiger partial charge in [-0.25, -0.2) is 0 Å². The van der Waals surface area contributed by atoms with E-state index < -0.39 is 10.8 Å². The van der Waals surface area contributed by atoms with Gasteiger partial charge < -0.3 is 21.1 Å². The Morgan fingerprint density at radius 3 is 2.42 bits per heavy atom. The van der Waals surface area contributed by atoms with Crippen LogP contribution in [0.5, 0.6) is 5.75 Å². The van der Waals surface area contributed by atoms with Gasteiger partial charge >= 0.3 is 0 Å². The number of nitrogens with one attached hydrogen (secondary N) is 2. The van der Waals surface area contributed by atoms with Crippen LogP contribution in [0.3, 0.4) is 0 Å². The van der Waals surface area contributed by atoms with Gasteiger partial charge in [-0.3, -0.25) is 14.9 Å². The number of nitro groups is 1. The summed E-state index contributed by atoms with van der Waals surface area (Å²) in [5.74, 6) is -0.227. The summed E-state index contributed by atoms with van der Waals surface area (Å²) in [5, 5.41) is 16.9. The molecule has 0 spiro atoms. The van der Waals surface area contributed by atoms with E-state index in [-0.39, 0.29) is 16.5 Å². The topological polar surface area (TPSA) is 120 Å². The van der Waals surface area contributed by atoms with E-state index in [1.54, 1.807) is 24.3 Å². The number of nitrogens with zero attached hydrogens (tertiary/aromatic N) is 1. The van der Waals surface area contributed by atoms with Crippen molar-refractivity contribution in [2.24, 2.45) is 5.73 Å². The minimum absolute atomic E-state index is 0.0849.